The van der Waals surface area contributed by atoms with Gasteiger partial charge in [-0.1, -0.05) is 0 Å². The molecule has 0 saturated carbocycles. The van der Waals surface area contributed by atoms with E-state index in [0.29, 0.717) is 5.69 Å². The molecule has 0 aliphatic carbocycles. The van der Waals surface area contributed by atoms with E-state index in [1.54, 1.807) is 30.6 Å². The smallest absolute Gasteiger partial charge is 0.273 e. The maximum atomic E-state index is 12.4. The van der Waals surface area contributed by atoms with Gasteiger partial charge in [-0.2, -0.15) is 5.10 Å². The zero-order valence-electron chi connectivity index (χ0n) is 14.7. The number of pyridine rings is 1. The number of amides is 1. The number of hydrogen-bond acceptors (Lipinski definition) is 7. The molecule has 0 aliphatic heterocycles. The summed E-state index contributed by atoms with van der Waals surface area (Å²) in [6.45, 7) is -0.335. The molecule has 1 amide bonds. The van der Waals surface area contributed by atoms with Crippen molar-refractivity contribution in [2.75, 3.05) is 12.4 Å². The van der Waals surface area contributed by atoms with Gasteiger partial charge in [-0.15, -0.1) is 0 Å². The Labute approximate surface area is 158 Å². The highest BCUT2D eigenvalue weighted by Gasteiger charge is 2.14. The quantitative estimate of drug-likeness (QED) is 0.509. The number of nitrogens with one attached hydrogen (secondary N) is 1. The molecule has 2 aromatic heterocycles. The van der Waals surface area contributed by atoms with E-state index >= 15 is 0 Å². The van der Waals surface area contributed by atoms with E-state index in [2.05, 4.69) is 15.4 Å². The van der Waals surface area contributed by atoms with Crippen molar-refractivity contribution in [2.24, 2.45) is 0 Å². The van der Waals surface area contributed by atoms with Crippen molar-refractivity contribution >= 4 is 17.3 Å². The molecule has 0 radical (unpaired) electrons. The number of non-ortho nitro benzene ring substituents is 1. The van der Waals surface area contributed by atoms with Crippen LogP contribution in [0.25, 0.3) is 11.3 Å². The van der Waals surface area contributed by atoms with Crippen LogP contribution in [-0.2, 0) is 11.3 Å². The zero-order valence-corrected chi connectivity index (χ0v) is 14.7. The minimum atomic E-state index is -0.567. The first-order chi connectivity index (χ1) is 13.5. The van der Waals surface area contributed by atoms with E-state index in [1.807, 2.05) is 0 Å². The predicted octanol–water partition coefficient (Wildman–Crippen LogP) is 1.86. The van der Waals surface area contributed by atoms with Crippen LogP contribution in [0.3, 0.4) is 0 Å². The van der Waals surface area contributed by atoms with Crippen molar-refractivity contribution in [1.29, 1.82) is 0 Å². The molecular formula is C18H15N5O5. The molecular weight excluding hydrogens is 366 g/mol. The van der Waals surface area contributed by atoms with E-state index < -0.39 is 16.4 Å². The summed E-state index contributed by atoms with van der Waals surface area (Å²) in [6, 6.07) is 10.2. The fraction of sp³-hybridized carbons (Fsp3) is 0.111. The van der Waals surface area contributed by atoms with Gasteiger partial charge in [-0.3, -0.25) is 24.7 Å². The minimum Gasteiger partial charge on any atom is -0.494 e. The average molecular weight is 381 g/mol. The normalized spacial score (nSPS) is 10.3. The minimum absolute atomic E-state index is 0.133. The highest BCUT2D eigenvalue weighted by atomic mass is 16.6. The number of nitro benzene ring substituents is 1. The number of rotatable bonds is 6. The summed E-state index contributed by atoms with van der Waals surface area (Å²) in [5, 5.41) is 17.6. The number of nitrogens with zero attached hydrogens (tertiary/aromatic N) is 4. The van der Waals surface area contributed by atoms with Crippen LogP contribution in [-0.4, -0.2) is 32.7 Å². The van der Waals surface area contributed by atoms with Crippen molar-refractivity contribution < 1.29 is 14.5 Å². The van der Waals surface area contributed by atoms with Gasteiger partial charge >= 0.3 is 0 Å². The van der Waals surface area contributed by atoms with Gasteiger partial charge in [-0.25, -0.2) is 4.68 Å². The van der Waals surface area contributed by atoms with Crippen LogP contribution in [0, 0.1) is 10.1 Å². The molecule has 3 rings (SSSR count). The molecule has 0 spiro atoms. The van der Waals surface area contributed by atoms with E-state index in [9.17, 15) is 19.7 Å². The Morgan fingerprint density at radius 3 is 2.64 bits per heavy atom. The molecule has 142 valence electrons. The monoisotopic (exact) mass is 381 g/mol. The van der Waals surface area contributed by atoms with Crippen molar-refractivity contribution in [1.82, 2.24) is 14.8 Å². The van der Waals surface area contributed by atoms with Crippen molar-refractivity contribution in [3.8, 4) is 17.0 Å². The molecule has 0 saturated heterocycles. The first-order valence-corrected chi connectivity index (χ1v) is 8.09. The maximum Gasteiger partial charge on any atom is 0.273 e. The standard InChI is InChI=1S/C18H15N5O5/c1-28-16-10-13(23(26)27)2-3-15(16)20-17(24)11-22-18(25)5-4-14(21-22)12-6-8-19-9-7-12/h2-10H,11H2,1H3,(H,20,24). The van der Waals surface area contributed by atoms with Crippen LogP contribution in [0.5, 0.6) is 5.75 Å². The lowest BCUT2D eigenvalue weighted by Gasteiger charge is -2.11. The third kappa shape index (κ3) is 4.18. The first-order valence-electron chi connectivity index (χ1n) is 8.09. The number of hydrogen-bond donors (Lipinski definition) is 1. The Kier molecular flexibility index (Phi) is 5.40. The highest BCUT2D eigenvalue weighted by Crippen LogP contribution is 2.28. The fourth-order valence-corrected chi connectivity index (χ4v) is 2.46. The Hall–Kier alpha value is -4.08. The van der Waals surface area contributed by atoms with Gasteiger partial charge < -0.3 is 10.1 Å². The second kappa shape index (κ2) is 8.08. The summed E-state index contributed by atoms with van der Waals surface area (Å²) in [6.07, 6.45) is 3.19. The van der Waals surface area contributed by atoms with Crippen molar-refractivity contribution in [3.63, 3.8) is 0 Å². The largest absolute Gasteiger partial charge is 0.494 e. The molecule has 28 heavy (non-hydrogen) atoms. The molecule has 0 fully saturated rings. The number of benzene rings is 1. The summed E-state index contributed by atoms with van der Waals surface area (Å²) in [7, 11) is 1.33. The van der Waals surface area contributed by atoms with Crippen LogP contribution in [0.1, 0.15) is 0 Å². The number of carbonyl (C=O) groups is 1. The number of anilines is 1. The van der Waals surface area contributed by atoms with E-state index in [4.69, 9.17) is 4.74 Å². The lowest BCUT2D eigenvalue weighted by atomic mass is 10.2. The summed E-state index contributed by atoms with van der Waals surface area (Å²) < 4.78 is 6.11. The number of methoxy groups -OCH3 is 1. The fourth-order valence-electron chi connectivity index (χ4n) is 2.46. The van der Waals surface area contributed by atoms with Crippen molar-refractivity contribution in [3.05, 3.63) is 75.3 Å². The summed E-state index contributed by atoms with van der Waals surface area (Å²) in [5.41, 5.74) is 0.904. The van der Waals surface area contributed by atoms with E-state index in [-0.39, 0.29) is 23.7 Å². The summed E-state index contributed by atoms with van der Waals surface area (Å²) in [4.78, 5) is 38.6. The van der Waals surface area contributed by atoms with Crippen molar-refractivity contribution in [2.45, 2.75) is 6.54 Å². The third-order valence-electron chi connectivity index (χ3n) is 3.81. The van der Waals surface area contributed by atoms with Crippen LogP contribution in [0.4, 0.5) is 11.4 Å². The molecule has 1 N–H and O–H groups in total. The average Bonchev–Trinajstić information content (AvgIpc) is 2.70. The first kappa shape index (κ1) is 18.7. The van der Waals surface area contributed by atoms with E-state index in [0.717, 1.165) is 10.2 Å². The molecule has 3 aromatic rings. The summed E-state index contributed by atoms with van der Waals surface area (Å²) >= 11 is 0. The van der Waals surface area contributed by atoms with Crippen LogP contribution in [0.2, 0.25) is 0 Å². The van der Waals surface area contributed by atoms with Gasteiger partial charge in [0.1, 0.15) is 12.3 Å². The van der Waals surface area contributed by atoms with Gasteiger partial charge in [0.25, 0.3) is 11.2 Å². The Morgan fingerprint density at radius 1 is 1.21 bits per heavy atom. The van der Waals surface area contributed by atoms with Gasteiger partial charge in [0.2, 0.25) is 5.91 Å². The van der Waals surface area contributed by atoms with Gasteiger partial charge in [0, 0.05) is 30.1 Å². The maximum absolute atomic E-state index is 12.4. The molecule has 2 heterocycles. The molecule has 10 nitrogen and oxygen atoms in total. The molecule has 0 aliphatic rings. The number of aromatic nitrogens is 3. The molecule has 1 aromatic carbocycles. The topological polar surface area (TPSA) is 129 Å². The molecule has 0 bridgehead atoms. The molecule has 10 heteroatoms. The van der Waals surface area contributed by atoms with Crippen LogP contribution in [0.15, 0.2) is 59.7 Å². The lowest BCUT2D eigenvalue weighted by Crippen LogP contribution is -2.29. The Morgan fingerprint density at radius 2 is 1.96 bits per heavy atom. The number of nitro groups is 1. The van der Waals surface area contributed by atoms with Gasteiger partial charge in [-0.05, 0) is 24.3 Å². The van der Waals surface area contributed by atoms with Gasteiger partial charge in [0.15, 0.2) is 0 Å². The highest BCUT2D eigenvalue weighted by molar-refractivity contribution is 5.92. The number of carbonyl (C=O) groups excluding carboxylic acids is 1. The predicted molar refractivity (Wildman–Crippen MR) is 100 cm³/mol. The Bertz CT molecular complexity index is 1080. The summed E-state index contributed by atoms with van der Waals surface area (Å²) in [5.74, 6) is -0.401. The second-order valence-electron chi connectivity index (χ2n) is 5.64. The molecule has 0 atom stereocenters. The van der Waals surface area contributed by atoms with E-state index in [1.165, 1.54) is 31.4 Å². The van der Waals surface area contributed by atoms with Gasteiger partial charge in [0.05, 0.1) is 29.5 Å². The second-order valence-corrected chi connectivity index (χ2v) is 5.64. The lowest BCUT2D eigenvalue weighted by molar-refractivity contribution is -0.384. The number of ether oxygens (including phenoxy) is 1. The molecule has 0 unspecified atom stereocenters. The third-order valence-corrected chi connectivity index (χ3v) is 3.81. The van der Waals surface area contributed by atoms with Crippen LogP contribution >= 0.6 is 0 Å². The zero-order chi connectivity index (χ0) is 20.1. The van der Waals surface area contributed by atoms with Crippen LogP contribution < -0.4 is 15.6 Å². The Balaban J connectivity index is 1.80. The SMILES string of the molecule is COc1cc([N+](=O)[O-])ccc1NC(=O)Cn1nc(-c2ccncc2)ccc1=O.